The molecule has 1 spiro atoms. The van der Waals surface area contributed by atoms with Gasteiger partial charge in [-0.25, -0.2) is 0 Å². The smallest absolute Gasteiger partial charge is 0.136 e. The van der Waals surface area contributed by atoms with Gasteiger partial charge in [0.25, 0.3) is 0 Å². The van der Waals surface area contributed by atoms with Crippen LogP contribution < -0.4 is 4.74 Å². The number of aromatic nitrogens is 1. The van der Waals surface area contributed by atoms with E-state index < -0.39 is 5.41 Å². The molecular weight excluding hydrogens is 763 g/mol. The highest BCUT2D eigenvalue weighted by atomic mass is 16.5. The molecule has 302 valence electrons. The maximum absolute atomic E-state index is 6.83. The van der Waals surface area contributed by atoms with Crippen molar-refractivity contribution >= 4 is 32.6 Å². The predicted molar refractivity (Wildman–Crippen MR) is 263 cm³/mol. The van der Waals surface area contributed by atoms with E-state index in [-0.39, 0.29) is 10.8 Å². The lowest BCUT2D eigenvalue weighted by Crippen LogP contribution is -2.27. The number of rotatable bonds is 2. The summed E-state index contributed by atoms with van der Waals surface area (Å²) in [4.78, 5) is 0. The number of hydrogen-bond donors (Lipinski definition) is 0. The van der Waals surface area contributed by atoms with Crippen LogP contribution in [0.4, 0.5) is 0 Å². The Hall–Kier alpha value is -7.16. The fourth-order valence-electron chi connectivity index (χ4n) is 11.5. The van der Waals surface area contributed by atoms with Crippen LogP contribution in [0.5, 0.6) is 11.5 Å². The van der Waals surface area contributed by atoms with Gasteiger partial charge in [-0.3, -0.25) is 0 Å². The lowest BCUT2D eigenvalue weighted by atomic mass is 9.68. The van der Waals surface area contributed by atoms with Crippen molar-refractivity contribution in [3.05, 3.63) is 209 Å². The molecule has 13 rings (SSSR count). The van der Waals surface area contributed by atoms with Crippen molar-refractivity contribution in [1.29, 1.82) is 0 Å². The van der Waals surface area contributed by atoms with Gasteiger partial charge in [0.1, 0.15) is 11.5 Å². The molecule has 0 unspecified atom stereocenters. The van der Waals surface area contributed by atoms with E-state index in [0.29, 0.717) is 0 Å². The summed E-state index contributed by atoms with van der Waals surface area (Å²) in [5, 5.41) is 4.83. The third-order valence-electron chi connectivity index (χ3n) is 14.5. The van der Waals surface area contributed by atoms with Gasteiger partial charge in [0.15, 0.2) is 0 Å². The second-order valence-corrected chi connectivity index (χ2v) is 20.1. The fraction of sp³-hybridized carbons (Fsp3) is 0.148. The van der Waals surface area contributed by atoms with E-state index in [2.05, 4.69) is 222 Å². The maximum atomic E-state index is 6.83. The van der Waals surface area contributed by atoms with Gasteiger partial charge < -0.3 is 9.30 Å². The minimum absolute atomic E-state index is 0.00125. The van der Waals surface area contributed by atoms with Crippen LogP contribution in [0.25, 0.3) is 82.8 Å². The highest BCUT2D eigenvalue weighted by molar-refractivity contribution is 6.13. The predicted octanol–water partition coefficient (Wildman–Crippen LogP) is 16.3. The molecular formula is C61H47NO. The van der Waals surface area contributed by atoms with Gasteiger partial charge in [-0.2, -0.15) is 0 Å². The van der Waals surface area contributed by atoms with Crippen molar-refractivity contribution in [2.24, 2.45) is 0 Å². The van der Waals surface area contributed by atoms with Gasteiger partial charge in [0.05, 0.1) is 22.1 Å². The van der Waals surface area contributed by atoms with E-state index in [4.69, 9.17) is 4.74 Å². The van der Waals surface area contributed by atoms with Crippen molar-refractivity contribution in [1.82, 2.24) is 4.57 Å². The van der Waals surface area contributed by atoms with Gasteiger partial charge in [-0.05, 0) is 126 Å². The van der Waals surface area contributed by atoms with E-state index in [0.717, 1.165) is 28.1 Å². The lowest BCUT2D eigenvalue weighted by Gasteiger charge is -2.33. The highest BCUT2D eigenvalue weighted by Crippen LogP contribution is 2.64. The van der Waals surface area contributed by atoms with Crippen molar-refractivity contribution in [2.45, 2.75) is 57.8 Å². The summed E-state index contributed by atoms with van der Waals surface area (Å²) in [5.74, 6) is 1.78. The molecule has 1 aromatic heterocycles. The monoisotopic (exact) mass is 809 g/mol. The fourth-order valence-corrected chi connectivity index (χ4v) is 11.5. The third-order valence-corrected chi connectivity index (χ3v) is 14.5. The summed E-state index contributed by atoms with van der Waals surface area (Å²) in [6.07, 6.45) is 0. The number of nitrogens with zero attached hydrogens (tertiary/aromatic N) is 1. The van der Waals surface area contributed by atoms with E-state index in [1.165, 1.54) is 99.5 Å². The zero-order valence-corrected chi connectivity index (χ0v) is 36.6. The molecule has 0 saturated carbocycles. The van der Waals surface area contributed by atoms with Crippen LogP contribution in [0.1, 0.15) is 74.9 Å². The number of fused-ring (bicyclic) bond motifs is 15. The minimum Gasteiger partial charge on any atom is -0.456 e. The van der Waals surface area contributed by atoms with Crippen molar-refractivity contribution in [3.8, 4) is 61.7 Å². The van der Waals surface area contributed by atoms with Gasteiger partial charge in [-0.15, -0.1) is 0 Å². The molecule has 0 N–H and O–H groups in total. The molecule has 2 heterocycles. The van der Waals surface area contributed by atoms with Crippen molar-refractivity contribution in [3.63, 3.8) is 0 Å². The Morgan fingerprint density at radius 3 is 1.56 bits per heavy atom. The Bertz CT molecular complexity index is 3500. The average molecular weight is 810 g/mol. The Morgan fingerprint density at radius 2 is 0.889 bits per heavy atom. The second-order valence-electron chi connectivity index (χ2n) is 20.1. The van der Waals surface area contributed by atoms with Crippen LogP contribution in [0.15, 0.2) is 176 Å². The summed E-state index contributed by atoms with van der Waals surface area (Å²) in [6, 6.07) is 66.4. The van der Waals surface area contributed by atoms with Crippen LogP contribution in [-0.2, 0) is 16.2 Å². The molecule has 3 aliphatic rings. The standard InChI is InChI=1S/C61H47NO/c1-59(2,3)38-24-27-42-43-28-25-39(60(4,5)6)35-52(43)61(51(42)34-38)49-19-10-7-14-40(49)41-26-22-37(33-50(41)61)36-23-30-56-48(32-36)46-17-13-18-47-55(29-31-57(63-56)58(46)47)62-53-20-11-8-15-44(53)45-16-9-12-21-54(45)62/h7-35H,1-6H3. The van der Waals surface area contributed by atoms with Crippen LogP contribution in [0.2, 0.25) is 0 Å². The largest absolute Gasteiger partial charge is 0.456 e. The number of para-hydroxylation sites is 2. The molecule has 0 saturated heterocycles. The molecule has 0 fully saturated rings. The molecule has 0 atom stereocenters. The molecule has 1 aliphatic heterocycles. The molecule has 9 aromatic carbocycles. The van der Waals surface area contributed by atoms with E-state index in [1.54, 1.807) is 0 Å². The molecule has 2 aliphatic carbocycles. The second kappa shape index (κ2) is 12.5. The molecule has 10 aromatic rings. The zero-order chi connectivity index (χ0) is 42.6. The average Bonchev–Trinajstić information content (AvgIpc) is 3.90. The Labute approximate surface area is 369 Å². The quantitative estimate of drug-likeness (QED) is 0.170. The SMILES string of the molecule is CC(C)(C)c1ccc2c(c1)C1(c3ccccc3-c3ccc(-c4ccc5c(c4)-c4cccc6c(-n7c8ccccc8c8ccccc87)ccc(c46)O5)cc31)c1cc(C(C)(C)C)ccc1-2. The highest BCUT2D eigenvalue weighted by Gasteiger charge is 2.52. The molecule has 63 heavy (non-hydrogen) atoms. The first kappa shape index (κ1) is 36.5. The Morgan fingerprint density at radius 1 is 0.381 bits per heavy atom. The van der Waals surface area contributed by atoms with Crippen LogP contribution in [-0.4, -0.2) is 4.57 Å². The summed E-state index contributed by atoms with van der Waals surface area (Å²) in [7, 11) is 0. The normalized spacial score (nSPS) is 14.1. The minimum atomic E-state index is -0.458. The van der Waals surface area contributed by atoms with Crippen LogP contribution >= 0.6 is 0 Å². The zero-order valence-electron chi connectivity index (χ0n) is 36.6. The number of hydrogen-bond acceptors (Lipinski definition) is 1. The Kier molecular flexibility index (Phi) is 7.23. The molecule has 2 heteroatoms. The lowest BCUT2D eigenvalue weighted by molar-refractivity contribution is 0.487. The van der Waals surface area contributed by atoms with E-state index in [1.807, 2.05) is 0 Å². The van der Waals surface area contributed by atoms with Gasteiger partial charge >= 0.3 is 0 Å². The summed E-state index contributed by atoms with van der Waals surface area (Å²) >= 11 is 0. The number of benzene rings is 9. The van der Waals surface area contributed by atoms with E-state index >= 15 is 0 Å². The maximum Gasteiger partial charge on any atom is 0.136 e. The molecule has 0 amide bonds. The summed E-state index contributed by atoms with van der Waals surface area (Å²) in [5.41, 5.74) is 21.3. The number of ether oxygens (including phenoxy) is 1. The first-order valence-electron chi connectivity index (χ1n) is 22.4. The van der Waals surface area contributed by atoms with Crippen LogP contribution in [0.3, 0.4) is 0 Å². The topological polar surface area (TPSA) is 14.2 Å². The Balaban J connectivity index is 1.02. The van der Waals surface area contributed by atoms with E-state index in [9.17, 15) is 0 Å². The van der Waals surface area contributed by atoms with Gasteiger partial charge in [0.2, 0.25) is 0 Å². The molecule has 2 nitrogen and oxygen atoms in total. The first-order chi connectivity index (χ1) is 30.5. The summed E-state index contributed by atoms with van der Waals surface area (Å²) in [6.45, 7) is 14.0. The third kappa shape index (κ3) is 4.90. The van der Waals surface area contributed by atoms with Gasteiger partial charge in [0, 0.05) is 27.1 Å². The molecule has 0 bridgehead atoms. The van der Waals surface area contributed by atoms with Crippen molar-refractivity contribution < 1.29 is 4.74 Å². The van der Waals surface area contributed by atoms with Crippen LogP contribution in [0, 0.1) is 0 Å². The van der Waals surface area contributed by atoms with Gasteiger partial charge in [-0.1, -0.05) is 175 Å². The molecule has 0 radical (unpaired) electrons. The summed E-state index contributed by atoms with van der Waals surface area (Å²) < 4.78 is 9.25. The van der Waals surface area contributed by atoms with Crippen molar-refractivity contribution in [2.75, 3.05) is 0 Å². The first-order valence-corrected chi connectivity index (χ1v) is 22.4.